The SMILES string of the molecule is COc1cccc(OC[C@@H]2CCCN(c3ccc(C(=O)O)cn3)C2)c1. The number of hydrogen-bond acceptors (Lipinski definition) is 5. The quantitative estimate of drug-likeness (QED) is 0.870. The number of benzene rings is 1. The summed E-state index contributed by atoms with van der Waals surface area (Å²) in [7, 11) is 1.64. The van der Waals surface area contributed by atoms with Crippen LogP contribution in [0.2, 0.25) is 0 Å². The van der Waals surface area contributed by atoms with Crippen molar-refractivity contribution in [2.75, 3.05) is 31.7 Å². The second-order valence-corrected chi connectivity index (χ2v) is 6.15. The van der Waals surface area contributed by atoms with E-state index in [4.69, 9.17) is 14.6 Å². The van der Waals surface area contributed by atoms with Crippen molar-refractivity contribution in [1.29, 1.82) is 0 Å². The fourth-order valence-electron chi connectivity index (χ4n) is 3.01. The molecule has 25 heavy (non-hydrogen) atoms. The molecule has 1 N–H and O–H groups in total. The Morgan fingerprint density at radius 3 is 2.88 bits per heavy atom. The zero-order valence-electron chi connectivity index (χ0n) is 14.2. The van der Waals surface area contributed by atoms with Crippen LogP contribution in [-0.4, -0.2) is 42.9 Å². The van der Waals surface area contributed by atoms with Gasteiger partial charge in [-0.25, -0.2) is 9.78 Å². The molecule has 6 heteroatoms. The number of nitrogens with zero attached hydrogens (tertiary/aromatic N) is 2. The van der Waals surface area contributed by atoms with E-state index in [1.54, 1.807) is 19.2 Å². The van der Waals surface area contributed by atoms with Crippen LogP contribution in [0, 0.1) is 5.92 Å². The predicted octanol–water partition coefficient (Wildman–Crippen LogP) is 3.08. The molecule has 0 saturated carbocycles. The largest absolute Gasteiger partial charge is 0.497 e. The van der Waals surface area contributed by atoms with Crippen LogP contribution < -0.4 is 14.4 Å². The van der Waals surface area contributed by atoms with Crippen LogP contribution in [0.15, 0.2) is 42.6 Å². The molecule has 1 aromatic carbocycles. The number of rotatable bonds is 6. The number of methoxy groups -OCH3 is 1. The second kappa shape index (κ2) is 7.88. The average Bonchev–Trinajstić information content (AvgIpc) is 2.67. The molecule has 1 aliphatic rings. The van der Waals surface area contributed by atoms with Gasteiger partial charge in [0.1, 0.15) is 17.3 Å². The fourth-order valence-corrected chi connectivity index (χ4v) is 3.01. The molecule has 2 heterocycles. The summed E-state index contributed by atoms with van der Waals surface area (Å²) in [6.07, 6.45) is 3.58. The van der Waals surface area contributed by atoms with Crippen molar-refractivity contribution in [3.8, 4) is 11.5 Å². The third kappa shape index (κ3) is 4.41. The summed E-state index contributed by atoms with van der Waals surface area (Å²) in [5, 5.41) is 8.96. The number of ether oxygens (including phenoxy) is 2. The highest BCUT2D eigenvalue weighted by Gasteiger charge is 2.21. The van der Waals surface area contributed by atoms with Crippen LogP contribution in [0.1, 0.15) is 23.2 Å². The van der Waals surface area contributed by atoms with E-state index < -0.39 is 5.97 Å². The Kier molecular flexibility index (Phi) is 5.38. The summed E-state index contributed by atoms with van der Waals surface area (Å²) in [5.74, 6) is 1.85. The van der Waals surface area contributed by atoms with Gasteiger partial charge in [-0.15, -0.1) is 0 Å². The first-order chi connectivity index (χ1) is 12.2. The summed E-state index contributed by atoms with van der Waals surface area (Å²) in [4.78, 5) is 17.4. The van der Waals surface area contributed by atoms with Gasteiger partial charge in [0.25, 0.3) is 0 Å². The van der Waals surface area contributed by atoms with E-state index in [2.05, 4.69) is 9.88 Å². The number of hydrogen-bond donors (Lipinski definition) is 1. The number of anilines is 1. The van der Waals surface area contributed by atoms with Crippen molar-refractivity contribution in [1.82, 2.24) is 4.98 Å². The standard InChI is InChI=1S/C19H22N2O4/c1-24-16-5-2-6-17(10-16)25-13-14-4-3-9-21(12-14)18-8-7-15(11-20-18)19(22)23/h2,5-8,10-11,14H,3-4,9,12-13H2,1H3,(H,22,23)/t14-/m1/s1. The number of carbonyl (C=O) groups is 1. The maximum atomic E-state index is 10.9. The Morgan fingerprint density at radius 1 is 1.32 bits per heavy atom. The molecule has 132 valence electrons. The number of aromatic nitrogens is 1. The van der Waals surface area contributed by atoms with E-state index in [1.165, 1.54) is 6.20 Å². The van der Waals surface area contributed by atoms with Gasteiger partial charge in [0, 0.05) is 31.3 Å². The molecule has 1 aliphatic heterocycles. The van der Waals surface area contributed by atoms with Crippen LogP contribution >= 0.6 is 0 Å². The number of pyridine rings is 1. The third-order valence-corrected chi connectivity index (χ3v) is 4.36. The van der Waals surface area contributed by atoms with Gasteiger partial charge in [-0.1, -0.05) is 6.07 Å². The number of carboxylic acid groups (broad SMARTS) is 1. The van der Waals surface area contributed by atoms with Crippen LogP contribution in [0.5, 0.6) is 11.5 Å². The topological polar surface area (TPSA) is 71.9 Å². The smallest absolute Gasteiger partial charge is 0.337 e. The highest BCUT2D eigenvalue weighted by Crippen LogP contribution is 2.24. The molecular weight excluding hydrogens is 320 g/mol. The summed E-state index contributed by atoms with van der Waals surface area (Å²) in [5.41, 5.74) is 0.207. The Labute approximate surface area is 147 Å². The van der Waals surface area contributed by atoms with E-state index in [9.17, 15) is 4.79 Å². The summed E-state index contributed by atoms with van der Waals surface area (Å²) >= 11 is 0. The lowest BCUT2D eigenvalue weighted by molar-refractivity contribution is 0.0696. The lowest BCUT2D eigenvalue weighted by Crippen LogP contribution is -2.38. The molecular formula is C19H22N2O4. The van der Waals surface area contributed by atoms with Gasteiger partial charge >= 0.3 is 5.97 Å². The van der Waals surface area contributed by atoms with Gasteiger partial charge in [0.05, 0.1) is 19.3 Å². The maximum absolute atomic E-state index is 10.9. The highest BCUT2D eigenvalue weighted by atomic mass is 16.5. The van der Waals surface area contributed by atoms with Crippen molar-refractivity contribution in [3.63, 3.8) is 0 Å². The van der Waals surface area contributed by atoms with Gasteiger partial charge < -0.3 is 19.5 Å². The monoisotopic (exact) mass is 342 g/mol. The minimum Gasteiger partial charge on any atom is -0.497 e. The fraction of sp³-hybridized carbons (Fsp3) is 0.368. The zero-order chi connectivity index (χ0) is 17.6. The van der Waals surface area contributed by atoms with E-state index in [0.29, 0.717) is 12.5 Å². The van der Waals surface area contributed by atoms with E-state index in [-0.39, 0.29) is 5.56 Å². The molecule has 6 nitrogen and oxygen atoms in total. The molecule has 3 rings (SSSR count). The Morgan fingerprint density at radius 2 is 2.16 bits per heavy atom. The van der Waals surface area contributed by atoms with Crippen molar-refractivity contribution in [3.05, 3.63) is 48.2 Å². The first-order valence-corrected chi connectivity index (χ1v) is 8.37. The lowest BCUT2D eigenvalue weighted by Gasteiger charge is -2.33. The van der Waals surface area contributed by atoms with Gasteiger partial charge in [-0.3, -0.25) is 0 Å². The highest BCUT2D eigenvalue weighted by molar-refractivity contribution is 5.87. The molecule has 2 aromatic rings. The van der Waals surface area contributed by atoms with Gasteiger partial charge in [-0.05, 0) is 37.1 Å². The van der Waals surface area contributed by atoms with E-state index in [0.717, 1.165) is 43.2 Å². The number of aromatic carboxylic acids is 1. The minimum atomic E-state index is -0.956. The molecule has 0 amide bonds. The molecule has 1 saturated heterocycles. The first kappa shape index (κ1) is 17.1. The van der Waals surface area contributed by atoms with Crippen LogP contribution in [0.4, 0.5) is 5.82 Å². The molecule has 0 radical (unpaired) electrons. The maximum Gasteiger partial charge on any atom is 0.337 e. The molecule has 0 spiro atoms. The summed E-state index contributed by atoms with van der Waals surface area (Å²) in [6, 6.07) is 11.0. The van der Waals surface area contributed by atoms with Crippen LogP contribution in [0.3, 0.4) is 0 Å². The molecule has 0 unspecified atom stereocenters. The van der Waals surface area contributed by atoms with Crippen molar-refractivity contribution in [2.45, 2.75) is 12.8 Å². The first-order valence-electron chi connectivity index (χ1n) is 8.37. The summed E-state index contributed by atoms with van der Waals surface area (Å²) < 4.78 is 11.1. The number of carboxylic acids is 1. The van der Waals surface area contributed by atoms with Gasteiger partial charge in [0.2, 0.25) is 0 Å². The lowest BCUT2D eigenvalue weighted by atomic mass is 9.99. The predicted molar refractivity (Wildman–Crippen MR) is 94.6 cm³/mol. The summed E-state index contributed by atoms with van der Waals surface area (Å²) in [6.45, 7) is 2.41. The molecule has 0 bridgehead atoms. The molecule has 1 aromatic heterocycles. The minimum absolute atomic E-state index is 0.207. The molecule has 1 fully saturated rings. The molecule has 0 aliphatic carbocycles. The normalized spacial score (nSPS) is 17.2. The van der Waals surface area contributed by atoms with Gasteiger partial charge in [0.15, 0.2) is 0 Å². The van der Waals surface area contributed by atoms with Crippen LogP contribution in [-0.2, 0) is 0 Å². The van der Waals surface area contributed by atoms with E-state index in [1.807, 2.05) is 24.3 Å². The van der Waals surface area contributed by atoms with Crippen molar-refractivity contribution < 1.29 is 19.4 Å². The molecule has 1 atom stereocenters. The average molecular weight is 342 g/mol. The second-order valence-electron chi connectivity index (χ2n) is 6.15. The van der Waals surface area contributed by atoms with Gasteiger partial charge in [-0.2, -0.15) is 0 Å². The number of piperidine rings is 1. The van der Waals surface area contributed by atoms with Crippen LogP contribution in [0.25, 0.3) is 0 Å². The van der Waals surface area contributed by atoms with E-state index >= 15 is 0 Å². The van der Waals surface area contributed by atoms with Crippen molar-refractivity contribution in [2.24, 2.45) is 5.92 Å². The Bertz CT molecular complexity index is 718. The zero-order valence-corrected chi connectivity index (χ0v) is 14.2. The Balaban J connectivity index is 1.58. The Hall–Kier alpha value is -2.76. The van der Waals surface area contributed by atoms with Crippen molar-refractivity contribution >= 4 is 11.8 Å². The third-order valence-electron chi connectivity index (χ3n) is 4.36.